The Kier molecular flexibility index (Phi) is 9.09. The number of β-amino-alcohol motifs (C(OH)–C–C–N with tert-alkyl or cyclic N) is 1. The number of hydrogen-bond acceptors (Lipinski definition) is 6. The van der Waals surface area contributed by atoms with E-state index >= 15 is 0 Å². The van der Waals surface area contributed by atoms with Crippen LogP contribution in [0.2, 0.25) is 0 Å². The second-order valence-corrected chi connectivity index (χ2v) is 10.2. The van der Waals surface area contributed by atoms with Crippen molar-refractivity contribution >= 4 is 11.8 Å². The number of aliphatic hydroxyl groups excluding tert-OH is 1. The van der Waals surface area contributed by atoms with Gasteiger partial charge in [0.05, 0.1) is 12.6 Å². The van der Waals surface area contributed by atoms with Gasteiger partial charge in [-0.2, -0.15) is 0 Å². The van der Waals surface area contributed by atoms with Crippen LogP contribution >= 0.6 is 0 Å². The van der Waals surface area contributed by atoms with Gasteiger partial charge in [-0.25, -0.2) is 0 Å². The number of amides is 2. The van der Waals surface area contributed by atoms with Crippen molar-refractivity contribution in [3.05, 3.63) is 70.8 Å². The smallest absolute Gasteiger partial charge is 0.251 e. The molecule has 2 aliphatic heterocycles. The molecule has 8 nitrogen and oxygen atoms in total. The van der Waals surface area contributed by atoms with Gasteiger partial charge in [0.2, 0.25) is 5.91 Å². The van der Waals surface area contributed by atoms with Gasteiger partial charge in [-0.1, -0.05) is 36.4 Å². The predicted octanol–water partition coefficient (Wildman–Crippen LogP) is 1.04. The zero-order valence-electron chi connectivity index (χ0n) is 21.5. The Morgan fingerprint density at radius 2 is 1.67 bits per heavy atom. The molecular formula is C28H39N5O3. The summed E-state index contributed by atoms with van der Waals surface area (Å²) in [4.78, 5) is 33.1. The number of likely N-dealkylation sites (N-methyl/N-ethyl adjacent to an activating group) is 1. The minimum atomic E-state index is -0.613. The van der Waals surface area contributed by atoms with Gasteiger partial charge in [0.25, 0.3) is 5.91 Å². The molecule has 36 heavy (non-hydrogen) atoms. The molecule has 0 spiro atoms. The Morgan fingerprint density at radius 1 is 0.944 bits per heavy atom. The van der Waals surface area contributed by atoms with Crippen molar-refractivity contribution in [2.75, 3.05) is 66.5 Å². The molecule has 4 rings (SSSR count). The van der Waals surface area contributed by atoms with E-state index in [0.29, 0.717) is 18.7 Å². The van der Waals surface area contributed by atoms with Crippen molar-refractivity contribution in [1.82, 2.24) is 24.9 Å². The van der Waals surface area contributed by atoms with Crippen LogP contribution in [0, 0.1) is 0 Å². The predicted molar refractivity (Wildman–Crippen MR) is 141 cm³/mol. The molecule has 2 heterocycles. The minimum absolute atomic E-state index is 0.133. The van der Waals surface area contributed by atoms with E-state index in [1.54, 1.807) is 19.0 Å². The molecule has 8 heteroatoms. The number of benzene rings is 2. The molecule has 0 aliphatic carbocycles. The van der Waals surface area contributed by atoms with Crippen molar-refractivity contribution in [3.63, 3.8) is 0 Å². The monoisotopic (exact) mass is 493 g/mol. The summed E-state index contributed by atoms with van der Waals surface area (Å²) in [7, 11) is 3.58. The summed E-state index contributed by atoms with van der Waals surface area (Å²) in [6.45, 7) is 7.28. The van der Waals surface area contributed by atoms with Crippen LogP contribution in [0.3, 0.4) is 0 Å². The van der Waals surface area contributed by atoms with E-state index in [2.05, 4.69) is 44.3 Å². The van der Waals surface area contributed by atoms with Gasteiger partial charge in [0.15, 0.2) is 0 Å². The lowest BCUT2D eigenvalue weighted by molar-refractivity contribution is -0.130. The number of nitrogens with zero attached hydrogens (tertiary/aromatic N) is 4. The van der Waals surface area contributed by atoms with Gasteiger partial charge in [-0.15, -0.1) is 0 Å². The number of rotatable bonds is 9. The summed E-state index contributed by atoms with van der Waals surface area (Å²) < 4.78 is 0. The van der Waals surface area contributed by atoms with E-state index in [-0.39, 0.29) is 18.4 Å². The number of carbonyl (C=O) groups is 2. The van der Waals surface area contributed by atoms with E-state index < -0.39 is 6.10 Å². The zero-order valence-corrected chi connectivity index (χ0v) is 21.5. The summed E-state index contributed by atoms with van der Waals surface area (Å²) in [6, 6.07) is 16.2. The maximum Gasteiger partial charge on any atom is 0.251 e. The second kappa shape index (κ2) is 12.5. The molecule has 2 N–H and O–H groups in total. The number of nitrogens with one attached hydrogen (secondary N) is 1. The van der Waals surface area contributed by atoms with Gasteiger partial charge in [-0.3, -0.25) is 24.3 Å². The quantitative estimate of drug-likeness (QED) is 0.544. The van der Waals surface area contributed by atoms with E-state index in [4.69, 9.17) is 0 Å². The summed E-state index contributed by atoms with van der Waals surface area (Å²) >= 11 is 0. The van der Waals surface area contributed by atoms with Gasteiger partial charge in [-0.05, 0) is 35.2 Å². The number of aliphatic hydroxyl groups is 1. The molecule has 1 atom stereocenters. The normalized spacial score (nSPS) is 17.9. The Labute approximate surface area is 214 Å². The lowest BCUT2D eigenvalue weighted by Crippen LogP contribution is -2.48. The molecular weight excluding hydrogens is 454 g/mol. The number of carbonyl (C=O) groups excluding carboxylic acids is 2. The second-order valence-electron chi connectivity index (χ2n) is 10.2. The standard InChI is InChI=1S/C28H39N5O3/c1-30(2)27(35)21-32-14-12-31(13-15-32)18-22-6-5-9-24(16-22)28(36)29-17-26(34)20-33-11-10-23-7-3-4-8-25(23)19-33/h3-9,16,26,34H,10-15,17-21H2,1-2H3,(H,29,36). The number of fused-ring (bicyclic) bond motifs is 1. The fourth-order valence-corrected chi connectivity index (χ4v) is 4.89. The molecule has 1 unspecified atom stereocenters. The number of hydrogen-bond donors (Lipinski definition) is 2. The highest BCUT2D eigenvalue weighted by Gasteiger charge is 2.21. The first kappa shape index (κ1) is 26.3. The first-order valence-electron chi connectivity index (χ1n) is 12.9. The molecule has 0 saturated carbocycles. The van der Waals surface area contributed by atoms with Crippen LogP contribution in [0.25, 0.3) is 0 Å². The summed E-state index contributed by atoms with van der Waals surface area (Å²) in [5.41, 5.74) is 4.41. The highest BCUT2D eigenvalue weighted by molar-refractivity contribution is 5.94. The third-order valence-corrected chi connectivity index (χ3v) is 7.09. The molecule has 194 valence electrons. The van der Waals surface area contributed by atoms with Crippen molar-refractivity contribution in [1.29, 1.82) is 0 Å². The van der Waals surface area contributed by atoms with Crippen LogP contribution in [0.15, 0.2) is 48.5 Å². The van der Waals surface area contributed by atoms with Crippen LogP contribution in [-0.4, -0.2) is 109 Å². The average molecular weight is 494 g/mol. The Balaban J connectivity index is 1.20. The molecule has 1 saturated heterocycles. The maximum absolute atomic E-state index is 12.8. The summed E-state index contributed by atoms with van der Waals surface area (Å²) in [5.74, 6) is -0.0274. The summed E-state index contributed by atoms with van der Waals surface area (Å²) in [5, 5.41) is 13.4. The van der Waals surface area contributed by atoms with E-state index in [9.17, 15) is 14.7 Å². The third-order valence-electron chi connectivity index (χ3n) is 7.09. The maximum atomic E-state index is 12.8. The van der Waals surface area contributed by atoms with Crippen LogP contribution in [0.1, 0.15) is 27.0 Å². The molecule has 2 amide bonds. The lowest BCUT2D eigenvalue weighted by atomic mass is 10.00. The minimum Gasteiger partial charge on any atom is -0.390 e. The van der Waals surface area contributed by atoms with Crippen molar-refractivity contribution in [3.8, 4) is 0 Å². The highest BCUT2D eigenvalue weighted by atomic mass is 16.3. The fraction of sp³-hybridized carbons (Fsp3) is 0.500. The average Bonchev–Trinajstić information content (AvgIpc) is 2.88. The van der Waals surface area contributed by atoms with Crippen LogP contribution in [0.4, 0.5) is 0 Å². The molecule has 2 aliphatic rings. The van der Waals surface area contributed by atoms with Crippen molar-refractivity contribution in [2.24, 2.45) is 0 Å². The van der Waals surface area contributed by atoms with Crippen LogP contribution < -0.4 is 5.32 Å². The van der Waals surface area contributed by atoms with Crippen LogP contribution in [0.5, 0.6) is 0 Å². The van der Waals surface area contributed by atoms with Gasteiger partial charge in [0.1, 0.15) is 0 Å². The first-order valence-corrected chi connectivity index (χ1v) is 12.9. The first-order chi connectivity index (χ1) is 17.4. The molecule has 0 radical (unpaired) electrons. The Morgan fingerprint density at radius 3 is 2.42 bits per heavy atom. The van der Waals surface area contributed by atoms with Gasteiger partial charge >= 0.3 is 0 Å². The zero-order chi connectivity index (χ0) is 25.5. The SMILES string of the molecule is CN(C)C(=O)CN1CCN(Cc2cccc(C(=O)NCC(O)CN3CCc4ccccc4C3)c2)CC1. The lowest BCUT2D eigenvalue weighted by Gasteiger charge is -2.34. The van der Waals surface area contributed by atoms with E-state index in [1.807, 2.05) is 24.3 Å². The summed E-state index contributed by atoms with van der Waals surface area (Å²) in [6.07, 6.45) is 0.378. The Bertz CT molecular complexity index is 1040. The molecule has 0 bridgehead atoms. The number of piperazine rings is 1. The van der Waals surface area contributed by atoms with E-state index in [0.717, 1.165) is 57.8 Å². The molecule has 1 fully saturated rings. The molecule has 2 aromatic carbocycles. The third kappa shape index (κ3) is 7.36. The highest BCUT2D eigenvalue weighted by Crippen LogP contribution is 2.18. The van der Waals surface area contributed by atoms with Crippen molar-refractivity contribution < 1.29 is 14.7 Å². The van der Waals surface area contributed by atoms with Crippen molar-refractivity contribution in [2.45, 2.75) is 25.6 Å². The van der Waals surface area contributed by atoms with E-state index in [1.165, 1.54) is 11.1 Å². The molecule has 0 aromatic heterocycles. The Hall–Kier alpha value is -2.78. The largest absolute Gasteiger partial charge is 0.390 e. The van der Waals surface area contributed by atoms with Gasteiger partial charge < -0.3 is 15.3 Å². The molecule has 2 aromatic rings. The fourth-order valence-electron chi connectivity index (χ4n) is 4.89. The van der Waals surface area contributed by atoms with Gasteiger partial charge in [0, 0.05) is 78.6 Å². The topological polar surface area (TPSA) is 79.4 Å². The van der Waals surface area contributed by atoms with Crippen LogP contribution in [-0.2, 0) is 24.3 Å².